The fraction of sp³-hybridized carbons (Fsp3) is 1.00. The van der Waals surface area contributed by atoms with Gasteiger partial charge < -0.3 is 10.2 Å². The molecule has 2 fully saturated rings. The quantitative estimate of drug-likeness (QED) is 0.741. The normalized spacial score (nSPS) is 56.5. The molecule has 0 heterocycles. The summed E-state index contributed by atoms with van der Waals surface area (Å²) in [5, 5.41) is 17.3. The van der Waals surface area contributed by atoms with Crippen molar-refractivity contribution < 1.29 is 10.2 Å². The van der Waals surface area contributed by atoms with Crippen LogP contribution >= 0.6 is 69.6 Å². The van der Waals surface area contributed by atoms with Crippen LogP contribution in [0.1, 0.15) is 0 Å². The molecule has 0 aromatic heterocycles. The lowest BCUT2D eigenvalue weighted by molar-refractivity contribution is 0.0953. The Kier molecular flexibility index (Phi) is 3.83. The third-order valence-corrected chi connectivity index (χ3v) is 8.76. The van der Waals surface area contributed by atoms with Crippen molar-refractivity contribution in [2.45, 2.75) is 24.8 Å². The zero-order valence-electron chi connectivity index (χ0n) is 8.39. The maximum Gasteiger partial charge on any atom is 0.160 e. The maximum absolute atomic E-state index is 9.43. The van der Waals surface area contributed by atoms with Crippen molar-refractivity contribution in [3.05, 3.63) is 0 Å². The average Bonchev–Trinajstić information content (AvgIpc) is 2.48. The van der Waals surface area contributed by atoms with Crippen molar-refractivity contribution in [3.8, 4) is 0 Å². The minimum atomic E-state index is -1.62. The third-order valence-electron chi connectivity index (χ3n) is 3.98. The molecule has 0 saturated heterocycles. The van der Waals surface area contributed by atoms with E-state index in [2.05, 4.69) is 0 Å². The highest BCUT2D eigenvalue weighted by Crippen LogP contribution is 2.74. The van der Waals surface area contributed by atoms with Crippen molar-refractivity contribution in [2.24, 2.45) is 11.8 Å². The number of halogens is 6. The molecule has 0 aromatic carbocycles. The van der Waals surface area contributed by atoms with E-state index in [9.17, 15) is 10.2 Å². The van der Waals surface area contributed by atoms with Gasteiger partial charge in [-0.3, -0.25) is 0 Å². The predicted molar refractivity (Wildman–Crippen MR) is 72.0 cm³/mol. The Balaban J connectivity index is 2.63. The van der Waals surface area contributed by atoms with Gasteiger partial charge in [-0.2, -0.15) is 0 Å². The van der Waals surface area contributed by atoms with Crippen molar-refractivity contribution in [1.29, 1.82) is 0 Å². The number of alkyl halides is 6. The molecule has 2 bridgehead atoms. The molecule has 100 valence electrons. The summed E-state index contributed by atoms with van der Waals surface area (Å²) in [4.78, 5) is -2.73. The maximum atomic E-state index is 9.43. The van der Waals surface area contributed by atoms with E-state index in [-0.39, 0.29) is 13.2 Å². The van der Waals surface area contributed by atoms with Gasteiger partial charge in [-0.25, -0.2) is 0 Å². The molecule has 0 spiro atoms. The Morgan fingerprint density at radius 1 is 0.765 bits per heavy atom. The standard InChI is InChI=1S/C9H10Cl6O2/c10-5-6(11)8(13)4(2-17)3(1-16)7(5,12)9(8,14)15/h3-6,16-17H,1-2H2/t3-,4+,5-,6-,7-,8-/m1/s1. The summed E-state index contributed by atoms with van der Waals surface area (Å²) in [6.45, 7) is -0.644. The van der Waals surface area contributed by atoms with Gasteiger partial charge in [0.2, 0.25) is 0 Å². The van der Waals surface area contributed by atoms with Crippen LogP contribution in [0.5, 0.6) is 0 Å². The molecule has 6 atom stereocenters. The minimum Gasteiger partial charge on any atom is -0.396 e. The molecule has 2 N–H and O–H groups in total. The van der Waals surface area contributed by atoms with Crippen LogP contribution in [-0.4, -0.2) is 48.3 Å². The fourth-order valence-electron chi connectivity index (χ4n) is 3.05. The molecule has 0 amide bonds. The molecule has 2 nitrogen and oxygen atoms in total. The van der Waals surface area contributed by atoms with Crippen molar-refractivity contribution in [1.82, 2.24) is 0 Å². The number of fused-ring (bicyclic) bond motifs is 2. The monoisotopic (exact) mass is 360 g/mol. The van der Waals surface area contributed by atoms with E-state index in [0.717, 1.165) is 0 Å². The van der Waals surface area contributed by atoms with Crippen molar-refractivity contribution in [2.75, 3.05) is 13.2 Å². The molecule has 2 saturated carbocycles. The van der Waals surface area contributed by atoms with Crippen molar-refractivity contribution in [3.63, 3.8) is 0 Å². The van der Waals surface area contributed by atoms with E-state index in [1.807, 2.05) is 0 Å². The molecule has 0 radical (unpaired) electrons. The number of aliphatic hydroxyl groups is 2. The summed E-state index contributed by atoms with van der Waals surface area (Å²) in [5.41, 5.74) is 0. The zero-order valence-corrected chi connectivity index (χ0v) is 12.9. The Labute approximate surface area is 129 Å². The van der Waals surface area contributed by atoms with Crippen LogP contribution in [0.25, 0.3) is 0 Å². The van der Waals surface area contributed by atoms with Crippen LogP contribution in [0.3, 0.4) is 0 Å². The van der Waals surface area contributed by atoms with Gasteiger partial charge in [-0.15, -0.1) is 46.4 Å². The molecule has 0 unspecified atom stereocenters. The molecular weight excluding hydrogens is 353 g/mol. The molecule has 2 aliphatic rings. The van der Waals surface area contributed by atoms with Crippen LogP contribution in [-0.2, 0) is 0 Å². The predicted octanol–water partition coefficient (Wildman–Crippen LogP) is 2.57. The van der Waals surface area contributed by atoms with Gasteiger partial charge in [0.15, 0.2) is 4.33 Å². The van der Waals surface area contributed by atoms with E-state index in [1.54, 1.807) is 0 Å². The lowest BCUT2D eigenvalue weighted by Crippen LogP contribution is -2.52. The minimum absolute atomic E-state index is 0.322. The van der Waals surface area contributed by atoms with Gasteiger partial charge in [0, 0.05) is 25.0 Å². The lowest BCUT2D eigenvalue weighted by atomic mass is 9.79. The van der Waals surface area contributed by atoms with E-state index < -0.39 is 36.7 Å². The first kappa shape index (κ1) is 15.1. The lowest BCUT2D eigenvalue weighted by Gasteiger charge is -2.40. The van der Waals surface area contributed by atoms with Gasteiger partial charge in [0.05, 0.1) is 10.8 Å². The summed E-state index contributed by atoms with van der Waals surface area (Å²) < 4.78 is -1.62. The van der Waals surface area contributed by atoms with Gasteiger partial charge in [-0.05, 0) is 0 Å². The highest BCUT2D eigenvalue weighted by atomic mass is 35.5. The average molecular weight is 363 g/mol. The Morgan fingerprint density at radius 3 is 1.29 bits per heavy atom. The molecular formula is C9H10Cl6O2. The number of rotatable bonds is 2. The highest BCUT2D eigenvalue weighted by Gasteiger charge is 2.85. The summed E-state index contributed by atoms with van der Waals surface area (Å²) in [6.07, 6.45) is 0. The summed E-state index contributed by atoms with van der Waals surface area (Å²) in [6, 6.07) is 0. The van der Waals surface area contributed by atoms with Crippen LogP contribution in [0.4, 0.5) is 0 Å². The Hall–Kier alpha value is 1.66. The Bertz CT molecular complexity index is 309. The summed E-state index contributed by atoms with van der Waals surface area (Å²) in [7, 11) is 0. The molecule has 2 rings (SSSR count). The SMILES string of the molecule is OC[C@@H]1[C@H](CO)[C@@]2(Cl)[C@H](Cl)[C@@H](Cl)[C@@]1(Cl)C2(Cl)Cl. The van der Waals surface area contributed by atoms with Gasteiger partial charge in [0.25, 0.3) is 0 Å². The van der Waals surface area contributed by atoms with Crippen LogP contribution in [0.2, 0.25) is 0 Å². The van der Waals surface area contributed by atoms with E-state index in [4.69, 9.17) is 69.6 Å². The topological polar surface area (TPSA) is 40.5 Å². The second kappa shape index (κ2) is 4.33. The molecule has 17 heavy (non-hydrogen) atoms. The number of aliphatic hydroxyl groups excluding tert-OH is 2. The fourth-order valence-corrected chi connectivity index (χ4v) is 6.53. The first-order valence-electron chi connectivity index (χ1n) is 4.96. The zero-order chi connectivity index (χ0) is 13.2. The van der Waals surface area contributed by atoms with E-state index in [0.29, 0.717) is 0 Å². The highest BCUT2D eigenvalue weighted by molar-refractivity contribution is 6.62. The molecule has 0 aromatic rings. The number of hydrogen-bond acceptors (Lipinski definition) is 2. The van der Waals surface area contributed by atoms with Crippen LogP contribution in [0.15, 0.2) is 0 Å². The third kappa shape index (κ3) is 1.40. The summed E-state index contributed by atoms with van der Waals surface area (Å²) >= 11 is 37.7. The molecule has 0 aliphatic heterocycles. The van der Waals surface area contributed by atoms with Gasteiger partial charge in [-0.1, -0.05) is 23.2 Å². The second-order valence-corrected chi connectivity index (χ2v) is 8.01. The van der Waals surface area contributed by atoms with Crippen LogP contribution in [0, 0.1) is 11.8 Å². The van der Waals surface area contributed by atoms with E-state index >= 15 is 0 Å². The van der Waals surface area contributed by atoms with Crippen molar-refractivity contribution >= 4 is 69.6 Å². The first-order valence-corrected chi connectivity index (χ1v) is 7.35. The van der Waals surface area contributed by atoms with Gasteiger partial charge >= 0.3 is 0 Å². The molecule has 2 aliphatic carbocycles. The van der Waals surface area contributed by atoms with Crippen LogP contribution < -0.4 is 0 Å². The van der Waals surface area contributed by atoms with E-state index in [1.165, 1.54) is 0 Å². The smallest absolute Gasteiger partial charge is 0.160 e. The second-order valence-electron chi connectivity index (χ2n) is 4.49. The number of hydrogen-bond donors (Lipinski definition) is 2. The largest absolute Gasteiger partial charge is 0.396 e. The summed E-state index contributed by atoms with van der Waals surface area (Å²) in [5.74, 6) is -1.22. The van der Waals surface area contributed by atoms with Gasteiger partial charge in [0.1, 0.15) is 9.75 Å². The first-order chi connectivity index (χ1) is 7.71. The molecule has 8 heteroatoms. The Morgan fingerprint density at radius 2 is 1.06 bits per heavy atom.